The summed E-state index contributed by atoms with van der Waals surface area (Å²) < 4.78 is 38.9. The normalized spacial score (nSPS) is 27.1. The van der Waals surface area contributed by atoms with Crippen LogP contribution in [0.2, 0.25) is 5.02 Å². The van der Waals surface area contributed by atoms with E-state index in [1.54, 1.807) is 7.11 Å². The Bertz CT molecular complexity index is 1490. The molecule has 1 fully saturated rings. The van der Waals surface area contributed by atoms with Crippen LogP contribution in [-0.4, -0.2) is 59.0 Å². The van der Waals surface area contributed by atoms with Crippen LogP contribution in [0.3, 0.4) is 0 Å². The van der Waals surface area contributed by atoms with Gasteiger partial charge in [-0.05, 0) is 131 Å². The third-order valence-corrected chi connectivity index (χ3v) is 11.0. The summed E-state index contributed by atoms with van der Waals surface area (Å²) in [5.74, 6) is 1.94. The first kappa shape index (κ1) is 32.5. The first-order chi connectivity index (χ1) is 21.4. The lowest BCUT2D eigenvalue weighted by Gasteiger charge is -2.48. The summed E-state index contributed by atoms with van der Waals surface area (Å²) >= 11 is 4.69. The first-order valence-corrected chi connectivity index (χ1v) is 17.9. The largest absolute Gasteiger partial charge is 0.490 e. The van der Waals surface area contributed by atoms with E-state index in [1.165, 1.54) is 16.7 Å². The SMILES string of the molecule is CO[C@@H](C1=CC(CCS(=O)O)C1)[C@@H]1CC[C@H]1CN1C[C@@]2(CCCc3cc(Cl)ccc32)COc2ccc(C(=O)OC(C)(C)C)cc21. The predicted octanol–water partition coefficient (Wildman–Crippen LogP) is 7.37. The Balaban J connectivity index is 1.30. The van der Waals surface area contributed by atoms with Crippen LogP contribution < -0.4 is 9.64 Å². The molecule has 0 bridgehead atoms. The van der Waals surface area contributed by atoms with Gasteiger partial charge in [-0.2, -0.15) is 0 Å². The van der Waals surface area contributed by atoms with Crippen LogP contribution in [0, 0.1) is 17.8 Å². The maximum absolute atomic E-state index is 13.2. The van der Waals surface area contributed by atoms with Crippen molar-refractivity contribution >= 4 is 34.3 Å². The molecular formula is C36H46ClNO6S. The summed E-state index contributed by atoms with van der Waals surface area (Å²) in [4.78, 5) is 15.6. The number of rotatable bonds is 9. The lowest BCUT2D eigenvalue weighted by molar-refractivity contribution is 0.000512. The van der Waals surface area contributed by atoms with E-state index in [9.17, 15) is 13.6 Å². The highest BCUT2D eigenvalue weighted by molar-refractivity contribution is 7.79. The number of esters is 1. The molecule has 6 atom stereocenters. The highest BCUT2D eigenvalue weighted by atomic mass is 35.5. The Hall–Kier alpha value is -2.39. The minimum absolute atomic E-state index is 0.0573. The number of carbonyl (C=O) groups excluding carboxylic acids is 1. The van der Waals surface area contributed by atoms with Gasteiger partial charge in [-0.15, -0.1) is 0 Å². The third-order valence-electron chi connectivity index (χ3n) is 10.2. The van der Waals surface area contributed by atoms with E-state index >= 15 is 0 Å². The fourth-order valence-electron chi connectivity index (χ4n) is 7.90. The Labute approximate surface area is 274 Å². The molecule has 1 spiro atoms. The summed E-state index contributed by atoms with van der Waals surface area (Å²) in [6.07, 6.45) is 9.30. The maximum atomic E-state index is 13.2. The topological polar surface area (TPSA) is 85.3 Å². The highest BCUT2D eigenvalue weighted by Gasteiger charge is 2.45. The molecule has 2 unspecified atom stereocenters. The number of halogens is 1. The van der Waals surface area contributed by atoms with Gasteiger partial charge in [0.2, 0.25) is 0 Å². The van der Waals surface area contributed by atoms with Crippen LogP contribution in [0.4, 0.5) is 5.69 Å². The molecule has 3 aliphatic carbocycles. The van der Waals surface area contributed by atoms with Crippen LogP contribution >= 0.6 is 11.6 Å². The Morgan fingerprint density at radius 1 is 1.22 bits per heavy atom. The number of benzene rings is 2. The molecule has 0 amide bonds. The molecular weight excluding hydrogens is 610 g/mol. The fourth-order valence-corrected chi connectivity index (χ4v) is 8.60. The van der Waals surface area contributed by atoms with Gasteiger partial charge in [-0.1, -0.05) is 23.7 Å². The fraction of sp³-hybridized carbons (Fsp3) is 0.583. The lowest BCUT2D eigenvalue weighted by Crippen LogP contribution is -2.50. The number of fused-ring (bicyclic) bond motifs is 3. The number of allylic oxidation sites excluding steroid dienone is 1. The van der Waals surface area contributed by atoms with Crippen LogP contribution in [0.1, 0.15) is 80.8 Å². The molecule has 2 aromatic carbocycles. The number of hydrogen-bond donors (Lipinski definition) is 1. The molecule has 244 valence electrons. The standard InChI is InChI=1S/C36H46ClNO6S/c1-35(2,3)44-34(39)25-8-12-32-31(19-25)38(21-36(22-43-32)14-5-6-24-18-28(37)9-11-30(24)36)20-26-7-10-29(26)33(42-4)27-16-23(17-27)13-15-45(40)41/h8-9,11-12,16,18-19,23,26,29,33H,5-7,10,13-15,17,20-22H2,1-4H3,(H,40,41)/t23?,26-,29+,33-,36-/m0/s1. The molecule has 45 heavy (non-hydrogen) atoms. The van der Waals surface area contributed by atoms with E-state index in [2.05, 4.69) is 23.1 Å². The van der Waals surface area contributed by atoms with Crippen molar-refractivity contribution in [2.45, 2.75) is 82.8 Å². The molecule has 0 saturated heterocycles. The zero-order valence-electron chi connectivity index (χ0n) is 26.9. The van der Waals surface area contributed by atoms with Crippen LogP contribution in [0.25, 0.3) is 0 Å². The molecule has 0 aromatic heterocycles. The second-order valence-corrected chi connectivity index (χ2v) is 16.0. The van der Waals surface area contributed by atoms with Gasteiger partial charge in [0.15, 0.2) is 11.1 Å². The van der Waals surface area contributed by atoms with E-state index in [1.807, 2.05) is 45.0 Å². The number of anilines is 1. The average Bonchev–Trinajstić information content (AvgIpc) is 3.09. The molecule has 2 aromatic rings. The van der Waals surface area contributed by atoms with E-state index in [0.29, 0.717) is 35.7 Å². The Kier molecular flexibility index (Phi) is 9.41. The van der Waals surface area contributed by atoms with Gasteiger partial charge >= 0.3 is 5.97 Å². The highest BCUT2D eigenvalue weighted by Crippen LogP contribution is 2.48. The second-order valence-electron chi connectivity index (χ2n) is 14.5. The Morgan fingerprint density at radius 2 is 2.02 bits per heavy atom. The quantitative estimate of drug-likeness (QED) is 0.172. The van der Waals surface area contributed by atoms with Crippen molar-refractivity contribution in [3.05, 3.63) is 69.8 Å². The van der Waals surface area contributed by atoms with E-state index in [0.717, 1.165) is 74.5 Å². The minimum Gasteiger partial charge on any atom is -0.490 e. The van der Waals surface area contributed by atoms with E-state index in [4.69, 9.17) is 25.8 Å². The first-order valence-electron chi connectivity index (χ1n) is 16.3. The monoisotopic (exact) mass is 655 g/mol. The molecule has 1 saturated carbocycles. The van der Waals surface area contributed by atoms with Crippen molar-refractivity contribution in [1.29, 1.82) is 0 Å². The molecule has 9 heteroatoms. The molecule has 4 aliphatic rings. The second kappa shape index (κ2) is 13.0. The van der Waals surface area contributed by atoms with Gasteiger partial charge in [0.1, 0.15) is 11.4 Å². The van der Waals surface area contributed by atoms with E-state index < -0.39 is 16.7 Å². The van der Waals surface area contributed by atoms with Crippen molar-refractivity contribution in [3.63, 3.8) is 0 Å². The van der Waals surface area contributed by atoms with Gasteiger partial charge in [-0.3, -0.25) is 0 Å². The smallest absolute Gasteiger partial charge is 0.338 e. The summed E-state index contributed by atoms with van der Waals surface area (Å²) in [6.45, 7) is 7.85. The third kappa shape index (κ3) is 6.99. The van der Waals surface area contributed by atoms with Crippen molar-refractivity contribution in [2.24, 2.45) is 17.8 Å². The summed E-state index contributed by atoms with van der Waals surface area (Å²) in [7, 11) is 1.80. The van der Waals surface area contributed by atoms with Gasteiger partial charge in [0, 0.05) is 36.4 Å². The molecule has 1 heterocycles. The number of methoxy groups -OCH3 is 1. The van der Waals surface area contributed by atoms with Crippen LogP contribution in [0.15, 0.2) is 48.0 Å². The Morgan fingerprint density at radius 3 is 2.71 bits per heavy atom. The number of ether oxygens (including phenoxy) is 3. The van der Waals surface area contributed by atoms with Crippen molar-refractivity contribution in [1.82, 2.24) is 0 Å². The summed E-state index contributed by atoms with van der Waals surface area (Å²) in [6, 6.07) is 12.0. The molecule has 6 rings (SSSR count). The van der Waals surface area contributed by atoms with Crippen LogP contribution in [0.5, 0.6) is 5.75 Å². The number of hydrogen-bond acceptors (Lipinski definition) is 6. The lowest BCUT2D eigenvalue weighted by atomic mass is 9.65. The number of nitrogens with zero attached hydrogens (tertiary/aromatic N) is 1. The number of aryl methyl sites for hydroxylation is 1. The number of carbonyl (C=O) groups is 1. The van der Waals surface area contributed by atoms with Crippen LogP contribution in [-0.2, 0) is 32.4 Å². The maximum Gasteiger partial charge on any atom is 0.338 e. The molecule has 0 radical (unpaired) electrons. The van der Waals surface area contributed by atoms with E-state index in [-0.39, 0.29) is 17.5 Å². The molecule has 1 N–H and O–H groups in total. The predicted molar refractivity (Wildman–Crippen MR) is 179 cm³/mol. The van der Waals surface area contributed by atoms with Crippen molar-refractivity contribution < 1.29 is 27.8 Å². The summed E-state index contributed by atoms with van der Waals surface area (Å²) in [5, 5.41) is 0.766. The van der Waals surface area contributed by atoms with Gasteiger partial charge < -0.3 is 23.7 Å². The van der Waals surface area contributed by atoms with Crippen molar-refractivity contribution in [2.75, 3.05) is 37.5 Å². The zero-order chi connectivity index (χ0) is 31.9. The minimum atomic E-state index is -1.75. The molecule has 1 aliphatic heterocycles. The zero-order valence-corrected chi connectivity index (χ0v) is 28.4. The van der Waals surface area contributed by atoms with Gasteiger partial charge in [-0.25, -0.2) is 9.00 Å². The van der Waals surface area contributed by atoms with Crippen molar-refractivity contribution in [3.8, 4) is 5.75 Å². The van der Waals surface area contributed by atoms with Gasteiger partial charge in [0.05, 0.1) is 24.0 Å². The average molecular weight is 656 g/mol. The summed E-state index contributed by atoms with van der Waals surface area (Å²) in [5.41, 5.74) is 4.62. The van der Waals surface area contributed by atoms with Gasteiger partial charge in [0.25, 0.3) is 0 Å². The molecule has 7 nitrogen and oxygen atoms in total.